The van der Waals surface area contributed by atoms with E-state index < -0.39 is 11.7 Å². The van der Waals surface area contributed by atoms with Crippen molar-refractivity contribution in [2.45, 2.75) is 40.2 Å². The van der Waals surface area contributed by atoms with Crippen molar-refractivity contribution >= 4 is 23.7 Å². The molecule has 0 saturated heterocycles. The number of carbonyl (C=O) groups excluding carboxylic acids is 2. The van der Waals surface area contributed by atoms with Gasteiger partial charge in [0.25, 0.3) is 0 Å². The van der Waals surface area contributed by atoms with Gasteiger partial charge in [0.1, 0.15) is 30.4 Å². The molecule has 0 aromatic heterocycles. The normalized spacial score (nSPS) is 13.7. The zero-order valence-corrected chi connectivity index (χ0v) is 20.2. The smallest absolute Gasteiger partial charge is 0.415 e. The summed E-state index contributed by atoms with van der Waals surface area (Å²) in [6, 6.07) is 10.5. The van der Waals surface area contributed by atoms with Gasteiger partial charge in [0.05, 0.1) is 5.71 Å². The molecule has 178 valence electrons. The molecule has 7 heteroatoms. The van der Waals surface area contributed by atoms with Crippen molar-refractivity contribution in [2.24, 2.45) is 4.99 Å². The van der Waals surface area contributed by atoms with E-state index in [2.05, 4.69) is 4.99 Å². The van der Waals surface area contributed by atoms with Gasteiger partial charge in [0.2, 0.25) is 0 Å². The van der Waals surface area contributed by atoms with Crippen molar-refractivity contribution in [2.75, 3.05) is 13.3 Å². The van der Waals surface area contributed by atoms with Crippen molar-refractivity contribution in [3.05, 3.63) is 77.0 Å². The van der Waals surface area contributed by atoms with Gasteiger partial charge in [-0.25, -0.2) is 4.79 Å². The molecule has 1 aliphatic rings. The SMILES string of the molecule is Cc1cc(/C=C/C(=O)c2ccc(OCC3=NCN(C(=O)OC(C)(C)C)C=C3)cc2C)ccc1O. The molecule has 0 atom stereocenters. The van der Waals surface area contributed by atoms with E-state index in [1.165, 1.54) is 11.0 Å². The fraction of sp³-hybridized carbons (Fsp3) is 0.296. The van der Waals surface area contributed by atoms with Crippen LogP contribution in [0.25, 0.3) is 6.08 Å². The molecule has 0 saturated carbocycles. The predicted molar refractivity (Wildman–Crippen MR) is 132 cm³/mol. The molecule has 1 aliphatic heterocycles. The van der Waals surface area contributed by atoms with Gasteiger partial charge in [-0.05, 0) is 93.8 Å². The fourth-order valence-electron chi connectivity index (χ4n) is 3.18. The van der Waals surface area contributed by atoms with Crippen LogP contribution in [-0.2, 0) is 4.74 Å². The van der Waals surface area contributed by atoms with Crippen LogP contribution >= 0.6 is 0 Å². The highest BCUT2D eigenvalue weighted by Crippen LogP contribution is 2.21. The van der Waals surface area contributed by atoms with Crippen molar-refractivity contribution in [3.63, 3.8) is 0 Å². The largest absolute Gasteiger partial charge is 0.508 e. The molecule has 0 radical (unpaired) electrons. The topological polar surface area (TPSA) is 88.4 Å². The minimum Gasteiger partial charge on any atom is -0.508 e. The Labute approximate surface area is 200 Å². The standard InChI is InChI=1S/C27H30N2O5/c1-18-15-22(33-16-21-12-13-29(17-28-21)26(32)34-27(3,4)5)8-9-23(18)25(31)11-7-20-6-10-24(30)19(2)14-20/h6-15,30H,16-17H2,1-5H3/b11-7+. The van der Waals surface area contributed by atoms with E-state index in [-0.39, 0.29) is 24.8 Å². The van der Waals surface area contributed by atoms with E-state index in [9.17, 15) is 14.7 Å². The maximum Gasteiger partial charge on any atom is 0.415 e. The van der Waals surface area contributed by atoms with Crippen LogP contribution in [0, 0.1) is 13.8 Å². The molecule has 7 nitrogen and oxygen atoms in total. The van der Waals surface area contributed by atoms with E-state index in [1.54, 1.807) is 42.6 Å². The van der Waals surface area contributed by atoms with Crippen molar-refractivity contribution in [3.8, 4) is 11.5 Å². The Kier molecular flexibility index (Phi) is 7.56. The Bertz CT molecular complexity index is 1170. The third kappa shape index (κ3) is 6.81. The van der Waals surface area contributed by atoms with E-state index >= 15 is 0 Å². The van der Waals surface area contributed by atoms with Crippen molar-refractivity contribution in [1.82, 2.24) is 4.90 Å². The highest BCUT2D eigenvalue weighted by Gasteiger charge is 2.22. The lowest BCUT2D eigenvalue weighted by Crippen LogP contribution is -2.35. The number of ether oxygens (including phenoxy) is 2. The molecule has 3 rings (SSSR count). The second-order valence-corrected chi connectivity index (χ2v) is 9.07. The van der Waals surface area contributed by atoms with Crippen molar-refractivity contribution in [1.29, 1.82) is 0 Å². The monoisotopic (exact) mass is 462 g/mol. The highest BCUT2D eigenvalue weighted by molar-refractivity contribution is 6.07. The number of amides is 1. The number of benzene rings is 2. The number of ketones is 1. The first kappa shape index (κ1) is 24.8. The van der Waals surface area contributed by atoms with Crippen LogP contribution < -0.4 is 4.74 Å². The Balaban J connectivity index is 1.56. The van der Waals surface area contributed by atoms with E-state index in [0.717, 1.165) is 16.7 Å². The Morgan fingerprint density at radius 2 is 1.88 bits per heavy atom. The molecule has 2 aromatic rings. The Hall–Kier alpha value is -3.87. The summed E-state index contributed by atoms with van der Waals surface area (Å²) in [4.78, 5) is 30.5. The first-order valence-corrected chi connectivity index (χ1v) is 11.0. The molecular formula is C27H30N2O5. The number of allylic oxidation sites excluding steroid dienone is 1. The molecule has 0 aliphatic carbocycles. The average Bonchev–Trinajstić information content (AvgIpc) is 2.77. The van der Waals surface area contributed by atoms with Gasteiger partial charge in [-0.2, -0.15) is 0 Å². The maximum absolute atomic E-state index is 12.6. The Morgan fingerprint density at radius 3 is 2.50 bits per heavy atom. The number of aromatic hydroxyl groups is 1. The third-order valence-corrected chi connectivity index (χ3v) is 5.00. The van der Waals surface area contributed by atoms with Gasteiger partial charge in [-0.3, -0.25) is 14.7 Å². The van der Waals surface area contributed by atoms with Gasteiger partial charge in [-0.15, -0.1) is 0 Å². The summed E-state index contributed by atoms with van der Waals surface area (Å²) in [6.45, 7) is 9.52. The lowest BCUT2D eigenvalue weighted by Gasteiger charge is -2.25. The molecule has 1 amide bonds. The van der Waals surface area contributed by atoms with Crippen LogP contribution in [0.5, 0.6) is 11.5 Å². The van der Waals surface area contributed by atoms with Gasteiger partial charge in [0, 0.05) is 11.8 Å². The summed E-state index contributed by atoms with van der Waals surface area (Å²) < 4.78 is 11.2. The van der Waals surface area contributed by atoms with Crippen LogP contribution in [0.2, 0.25) is 0 Å². The fourth-order valence-corrected chi connectivity index (χ4v) is 3.18. The summed E-state index contributed by atoms with van der Waals surface area (Å²) in [5, 5.41) is 9.62. The minimum absolute atomic E-state index is 0.114. The van der Waals surface area contributed by atoms with Crippen molar-refractivity contribution < 1.29 is 24.2 Å². The summed E-state index contributed by atoms with van der Waals surface area (Å²) in [6.07, 6.45) is 6.15. The number of hydrogen-bond donors (Lipinski definition) is 1. The average molecular weight is 463 g/mol. The summed E-state index contributed by atoms with van der Waals surface area (Å²) in [7, 11) is 0. The molecule has 0 unspecified atom stereocenters. The second kappa shape index (κ2) is 10.4. The van der Waals surface area contributed by atoms with Gasteiger partial charge in [0.15, 0.2) is 5.78 Å². The lowest BCUT2D eigenvalue weighted by molar-refractivity contribution is 0.0338. The molecule has 1 heterocycles. The molecule has 0 spiro atoms. The van der Waals surface area contributed by atoms with E-state index in [1.807, 2.05) is 46.8 Å². The lowest BCUT2D eigenvalue weighted by atomic mass is 10.0. The number of nitrogens with zero attached hydrogens (tertiary/aromatic N) is 2. The van der Waals surface area contributed by atoms with E-state index in [0.29, 0.717) is 17.0 Å². The molecule has 2 aromatic carbocycles. The quantitative estimate of drug-likeness (QED) is 0.456. The molecule has 0 bridgehead atoms. The van der Waals surface area contributed by atoms with Crippen LogP contribution in [0.15, 0.2) is 59.7 Å². The first-order valence-electron chi connectivity index (χ1n) is 11.0. The van der Waals surface area contributed by atoms with Gasteiger partial charge >= 0.3 is 6.09 Å². The number of phenolic OH excluding ortho intramolecular Hbond substituents is 1. The van der Waals surface area contributed by atoms with Gasteiger partial charge in [-0.1, -0.05) is 12.1 Å². The maximum atomic E-state index is 12.6. The second-order valence-electron chi connectivity index (χ2n) is 9.07. The van der Waals surface area contributed by atoms with Crippen LogP contribution in [0.4, 0.5) is 4.79 Å². The molecule has 34 heavy (non-hydrogen) atoms. The van der Waals surface area contributed by atoms with E-state index in [4.69, 9.17) is 9.47 Å². The van der Waals surface area contributed by atoms with Crippen LogP contribution in [0.3, 0.4) is 0 Å². The number of aliphatic imine (C=N–C) groups is 1. The third-order valence-electron chi connectivity index (χ3n) is 5.00. The Morgan fingerprint density at radius 1 is 1.12 bits per heavy atom. The number of rotatable bonds is 6. The highest BCUT2D eigenvalue weighted by atomic mass is 16.6. The molecule has 0 fully saturated rings. The summed E-state index contributed by atoms with van der Waals surface area (Å²) >= 11 is 0. The zero-order chi connectivity index (χ0) is 24.9. The zero-order valence-electron chi connectivity index (χ0n) is 20.2. The molecule has 1 N–H and O–H groups in total. The van der Waals surface area contributed by atoms with Crippen LogP contribution in [0.1, 0.15) is 47.8 Å². The first-order chi connectivity index (χ1) is 16.0. The van der Waals surface area contributed by atoms with Crippen LogP contribution in [-0.4, -0.2) is 46.5 Å². The number of carbonyl (C=O) groups is 2. The number of aryl methyl sites for hydroxylation is 2. The predicted octanol–water partition coefficient (Wildman–Crippen LogP) is 5.45. The van der Waals surface area contributed by atoms with Gasteiger partial charge < -0.3 is 14.6 Å². The summed E-state index contributed by atoms with van der Waals surface area (Å²) in [5.41, 5.74) is 3.11. The minimum atomic E-state index is -0.566. The number of phenols is 1. The number of hydrogen-bond acceptors (Lipinski definition) is 6. The summed E-state index contributed by atoms with van der Waals surface area (Å²) in [5.74, 6) is 0.736. The molecular weight excluding hydrogens is 432 g/mol.